The van der Waals surface area contributed by atoms with E-state index in [-0.39, 0.29) is 5.25 Å². The second-order valence-electron chi connectivity index (χ2n) is 2.19. The second-order valence-corrected chi connectivity index (χ2v) is 4.08. The zero-order valence-corrected chi connectivity index (χ0v) is 6.15. The van der Waals surface area contributed by atoms with E-state index in [1.54, 1.807) is 0 Å². The smallest absolute Gasteiger partial charge is 0.268 e. The van der Waals surface area contributed by atoms with E-state index in [4.69, 9.17) is 0 Å². The standard InChI is InChI=1S/C5H10O3S/c1-2-3-5-4-8-9(5,6)7/h5H,2-4H2,1H3. The zero-order chi connectivity index (χ0) is 6.91. The van der Waals surface area contributed by atoms with Gasteiger partial charge in [-0.15, -0.1) is 0 Å². The van der Waals surface area contributed by atoms with Crippen LogP contribution in [0.1, 0.15) is 19.8 Å². The normalized spacial score (nSPS) is 31.4. The molecular formula is C5H10O3S. The summed E-state index contributed by atoms with van der Waals surface area (Å²) in [5.74, 6) is 0. The summed E-state index contributed by atoms with van der Waals surface area (Å²) in [5.41, 5.74) is 0. The van der Waals surface area contributed by atoms with Crippen molar-refractivity contribution in [2.45, 2.75) is 25.0 Å². The molecule has 1 aliphatic rings. The minimum Gasteiger partial charge on any atom is -0.268 e. The molecule has 0 saturated carbocycles. The van der Waals surface area contributed by atoms with Crippen LogP contribution in [0.5, 0.6) is 0 Å². The molecule has 1 rings (SSSR count). The van der Waals surface area contributed by atoms with Gasteiger partial charge in [-0.1, -0.05) is 13.3 Å². The van der Waals surface area contributed by atoms with Gasteiger partial charge in [-0.2, -0.15) is 8.42 Å². The van der Waals surface area contributed by atoms with Gasteiger partial charge in [0.1, 0.15) is 5.25 Å². The van der Waals surface area contributed by atoms with Gasteiger partial charge in [0.05, 0.1) is 6.61 Å². The van der Waals surface area contributed by atoms with E-state index in [2.05, 4.69) is 4.18 Å². The van der Waals surface area contributed by atoms with Crippen LogP contribution in [0.15, 0.2) is 0 Å². The molecule has 0 N–H and O–H groups in total. The second kappa shape index (κ2) is 2.27. The van der Waals surface area contributed by atoms with Crippen LogP contribution in [0.25, 0.3) is 0 Å². The third kappa shape index (κ3) is 1.24. The summed E-state index contributed by atoms with van der Waals surface area (Å²) in [6.07, 6.45) is 1.65. The molecular weight excluding hydrogens is 140 g/mol. The van der Waals surface area contributed by atoms with Crippen LogP contribution in [0.2, 0.25) is 0 Å². The van der Waals surface area contributed by atoms with Crippen LogP contribution >= 0.6 is 0 Å². The molecule has 9 heavy (non-hydrogen) atoms. The molecule has 0 spiro atoms. The van der Waals surface area contributed by atoms with Gasteiger partial charge in [0.15, 0.2) is 0 Å². The van der Waals surface area contributed by atoms with Crippen molar-refractivity contribution >= 4 is 10.1 Å². The van der Waals surface area contributed by atoms with Crippen LogP contribution in [0.3, 0.4) is 0 Å². The first-order chi connectivity index (χ1) is 4.17. The fourth-order valence-electron chi connectivity index (χ4n) is 0.825. The van der Waals surface area contributed by atoms with Gasteiger partial charge in [0.25, 0.3) is 10.1 Å². The molecule has 1 saturated heterocycles. The Kier molecular flexibility index (Phi) is 1.77. The molecule has 0 aliphatic carbocycles. The molecule has 1 unspecified atom stereocenters. The number of hydrogen-bond donors (Lipinski definition) is 0. The Morgan fingerprint density at radius 3 is 2.44 bits per heavy atom. The lowest BCUT2D eigenvalue weighted by molar-refractivity contribution is 0.239. The molecule has 0 aromatic rings. The van der Waals surface area contributed by atoms with Gasteiger partial charge in [-0.25, -0.2) is 0 Å². The van der Waals surface area contributed by atoms with Crippen molar-refractivity contribution in [1.29, 1.82) is 0 Å². The monoisotopic (exact) mass is 150 g/mol. The minimum absolute atomic E-state index is 0.206. The van der Waals surface area contributed by atoms with Crippen molar-refractivity contribution in [2.24, 2.45) is 0 Å². The highest BCUT2D eigenvalue weighted by Gasteiger charge is 2.35. The van der Waals surface area contributed by atoms with Crippen LogP contribution in [0, 0.1) is 0 Å². The summed E-state index contributed by atoms with van der Waals surface area (Å²) in [6, 6.07) is 0. The molecule has 0 bridgehead atoms. The van der Waals surface area contributed by atoms with Crippen molar-refractivity contribution in [3.05, 3.63) is 0 Å². The Morgan fingerprint density at radius 2 is 2.33 bits per heavy atom. The molecule has 0 radical (unpaired) electrons. The van der Waals surface area contributed by atoms with E-state index >= 15 is 0 Å². The molecule has 0 aromatic heterocycles. The third-order valence-electron chi connectivity index (χ3n) is 1.44. The Morgan fingerprint density at radius 1 is 1.67 bits per heavy atom. The van der Waals surface area contributed by atoms with E-state index in [1.807, 2.05) is 6.92 Å². The van der Waals surface area contributed by atoms with Crippen molar-refractivity contribution in [1.82, 2.24) is 0 Å². The Balaban J connectivity index is 2.47. The topological polar surface area (TPSA) is 43.4 Å². The van der Waals surface area contributed by atoms with Crippen molar-refractivity contribution in [3.63, 3.8) is 0 Å². The zero-order valence-electron chi connectivity index (χ0n) is 5.33. The van der Waals surface area contributed by atoms with Crippen molar-refractivity contribution < 1.29 is 12.6 Å². The lowest BCUT2D eigenvalue weighted by atomic mass is 10.2. The fraction of sp³-hybridized carbons (Fsp3) is 1.00. The number of rotatable bonds is 2. The van der Waals surface area contributed by atoms with E-state index in [1.165, 1.54) is 0 Å². The molecule has 0 amide bonds. The summed E-state index contributed by atoms with van der Waals surface area (Å²) < 4.78 is 25.5. The van der Waals surface area contributed by atoms with Crippen LogP contribution in [-0.4, -0.2) is 20.3 Å². The van der Waals surface area contributed by atoms with Gasteiger partial charge >= 0.3 is 0 Å². The summed E-state index contributed by atoms with van der Waals surface area (Å²) in [6.45, 7) is 2.37. The van der Waals surface area contributed by atoms with Gasteiger partial charge in [-0.3, -0.25) is 4.18 Å². The summed E-state index contributed by atoms with van der Waals surface area (Å²) in [7, 11) is -3.08. The first-order valence-corrected chi connectivity index (χ1v) is 4.52. The molecule has 1 fully saturated rings. The molecule has 1 aliphatic heterocycles. The average molecular weight is 150 g/mol. The molecule has 3 nitrogen and oxygen atoms in total. The summed E-state index contributed by atoms with van der Waals surface area (Å²) >= 11 is 0. The third-order valence-corrected chi connectivity index (χ3v) is 3.09. The van der Waals surface area contributed by atoms with E-state index in [0.29, 0.717) is 6.61 Å². The van der Waals surface area contributed by atoms with Gasteiger partial charge in [0, 0.05) is 0 Å². The maximum absolute atomic E-state index is 10.6. The highest BCUT2D eigenvalue weighted by molar-refractivity contribution is 7.88. The van der Waals surface area contributed by atoms with Gasteiger partial charge in [0.2, 0.25) is 0 Å². The first kappa shape index (κ1) is 7.02. The molecule has 4 heteroatoms. The summed E-state index contributed by atoms with van der Waals surface area (Å²) in [4.78, 5) is 0. The molecule has 0 aromatic carbocycles. The van der Waals surface area contributed by atoms with Gasteiger partial charge in [-0.05, 0) is 6.42 Å². The molecule has 1 atom stereocenters. The lowest BCUT2D eigenvalue weighted by Gasteiger charge is -2.24. The largest absolute Gasteiger partial charge is 0.272 e. The highest BCUT2D eigenvalue weighted by Crippen LogP contribution is 2.20. The maximum atomic E-state index is 10.6. The highest BCUT2D eigenvalue weighted by atomic mass is 32.2. The van der Waals surface area contributed by atoms with E-state index in [0.717, 1.165) is 12.8 Å². The quantitative estimate of drug-likeness (QED) is 0.539. The van der Waals surface area contributed by atoms with E-state index < -0.39 is 10.1 Å². The van der Waals surface area contributed by atoms with Crippen molar-refractivity contribution in [2.75, 3.05) is 6.61 Å². The predicted octanol–water partition coefficient (Wildman–Crippen LogP) is 0.515. The SMILES string of the molecule is CCCC1COS1(=O)=O. The average Bonchev–Trinajstić information content (AvgIpc) is 1.81. The lowest BCUT2D eigenvalue weighted by Crippen LogP contribution is -2.39. The summed E-state index contributed by atoms with van der Waals surface area (Å²) in [5, 5.41) is -0.206. The van der Waals surface area contributed by atoms with E-state index in [9.17, 15) is 8.42 Å². The molecule has 54 valence electrons. The fourth-order valence-corrected chi connectivity index (χ4v) is 1.90. The van der Waals surface area contributed by atoms with Crippen LogP contribution < -0.4 is 0 Å². The van der Waals surface area contributed by atoms with Crippen molar-refractivity contribution in [3.8, 4) is 0 Å². The van der Waals surface area contributed by atoms with Gasteiger partial charge < -0.3 is 0 Å². The molecule has 1 heterocycles. The Labute approximate surface area is 55.1 Å². The predicted molar refractivity (Wildman–Crippen MR) is 33.6 cm³/mol. The Bertz CT molecular complexity index is 182. The number of hydrogen-bond acceptors (Lipinski definition) is 3. The first-order valence-electron chi connectivity index (χ1n) is 3.05. The van der Waals surface area contributed by atoms with Crippen LogP contribution in [0.4, 0.5) is 0 Å². The van der Waals surface area contributed by atoms with Crippen LogP contribution in [-0.2, 0) is 14.3 Å². The minimum atomic E-state index is -3.08. The maximum Gasteiger partial charge on any atom is 0.272 e. The Hall–Kier alpha value is -0.0900.